The van der Waals surface area contributed by atoms with E-state index in [0.29, 0.717) is 11.7 Å². The van der Waals surface area contributed by atoms with Gasteiger partial charge in [-0.05, 0) is 18.4 Å². The second-order valence-electron chi connectivity index (χ2n) is 4.17. The molecular weight excluding hydrogens is 228 g/mol. The molecule has 86 valence electrons. The van der Waals surface area contributed by atoms with Crippen molar-refractivity contribution in [2.75, 3.05) is 18.0 Å². The molecule has 0 bridgehead atoms. The molecule has 1 aromatic rings. The van der Waals surface area contributed by atoms with Crippen LogP contribution in [0, 0.1) is 5.92 Å². The summed E-state index contributed by atoms with van der Waals surface area (Å²) in [6.45, 7) is 4.02. The Morgan fingerprint density at radius 3 is 3.00 bits per heavy atom. The Kier molecular flexibility index (Phi) is 3.01. The third kappa shape index (κ3) is 2.11. The Morgan fingerprint density at radius 1 is 1.69 bits per heavy atom. The van der Waals surface area contributed by atoms with Gasteiger partial charge in [0, 0.05) is 19.3 Å². The topological polar surface area (TPSA) is 53.4 Å². The summed E-state index contributed by atoms with van der Waals surface area (Å²) < 4.78 is 0. The van der Waals surface area contributed by atoms with Crippen LogP contribution in [0.1, 0.15) is 23.7 Å². The fourth-order valence-electron chi connectivity index (χ4n) is 1.91. The zero-order valence-electron chi connectivity index (χ0n) is 8.98. The van der Waals surface area contributed by atoms with Crippen LogP contribution in [0.25, 0.3) is 0 Å². The van der Waals surface area contributed by atoms with E-state index in [0.717, 1.165) is 19.5 Å². The number of carbonyl (C=O) groups is 1. The van der Waals surface area contributed by atoms with Crippen molar-refractivity contribution in [2.24, 2.45) is 5.92 Å². The monoisotopic (exact) mass is 240 g/mol. The highest BCUT2D eigenvalue weighted by atomic mass is 35.5. The first-order chi connectivity index (χ1) is 7.58. The molecule has 2 heterocycles. The van der Waals surface area contributed by atoms with Gasteiger partial charge in [-0.25, -0.2) is 9.78 Å². The van der Waals surface area contributed by atoms with Crippen molar-refractivity contribution in [1.29, 1.82) is 0 Å². The first-order valence-electron chi connectivity index (χ1n) is 5.21. The van der Waals surface area contributed by atoms with E-state index in [4.69, 9.17) is 16.7 Å². The summed E-state index contributed by atoms with van der Waals surface area (Å²) in [6.07, 6.45) is 2.52. The number of hydrogen-bond donors (Lipinski definition) is 1. The van der Waals surface area contributed by atoms with Crippen LogP contribution in [0.2, 0.25) is 5.02 Å². The van der Waals surface area contributed by atoms with Gasteiger partial charge in [-0.1, -0.05) is 18.5 Å². The van der Waals surface area contributed by atoms with Crippen molar-refractivity contribution in [3.8, 4) is 0 Å². The Bertz CT molecular complexity index is 422. The summed E-state index contributed by atoms with van der Waals surface area (Å²) >= 11 is 5.76. The van der Waals surface area contributed by atoms with Gasteiger partial charge in [0.05, 0.1) is 10.6 Å². The summed E-state index contributed by atoms with van der Waals surface area (Å²) in [5.41, 5.74) is 0.117. The number of rotatable bonds is 2. The normalized spacial score (nSPS) is 20.1. The number of aromatic nitrogens is 1. The van der Waals surface area contributed by atoms with E-state index in [1.165, 1.54) is 6.20 Å². The lowest BCUT2D eigenvalue weighted by Gasteiger charge is -2.17. The van der Waals surface area contributed by atoms with E-state index in [-0.39, 0.29) is 10.6 Å². The van der Waals surface area contributed by atoms with E-state index in [2.05, 4.69) is 16.8 Å². The number of pyridine rings is 1. The average molecular weight is 241 g/mol. The number of carboxylic acids is 1. The molecule has 0 saturated carbocycles. The Morgan fingerprint density at radius 2 is 2.44 bits per heavy atom. The van der Waals surface area contributed by atoms with Gasteiger partial charge in [0.25, 0.3) is 0 Å². The van der Waals surface area contributed by atoms with Crippen molar-refractivity contribution in [2.45, 2.75) is 13.3 Å². The molecule has 1 fully saturated rings. The molecule has 0 amide bonds. The summed E-state index contributed by atoms with van der Waals surface area (Å²) in [5.74, 6) is 0.317. The van der Waals surface area contributed by atoms with Crippen LogP contribution >= 0.6 is 11.6 Å². The van der Waals surface area contributed by atoms with E-state index < -0.39 is 5.97 Å². The van der Waals surface area contributed by atoms with E-state index in [1.54, 1.807) is 6.07 Å². The van der Waals surface area contributed by atoms with E-state index >= 15 is 0 Å². The maximum Gasteiger partial charge on any atom is 0.337 e. The van der Waals surface area contributed by atoms with Crippen LogP contribution in [-0.4, -0.2) is 29.1 Å². The lowest BCUT2D eigenvalue weighted by Crippen LogP contribution is -2.20. The number of halogens is 1. The number of hydrogen-bond acceptors (Lipinski definition) is 3. The van der Waals surface area contributed by atoms with E-state index in [1.807, 2.05) is 0 Å². The van der Waals surface area contributed by atoms with Crippen molar-refractivity contribution < 1.29 is 9.90 Å². The fraction of sp³-hybridized carbons (Fsp3) is 0.455. The number of carboxylic acid groups (broad SMARTS) is 1. The van der Waals surface area contributed by atoms with Crippen LogP contribution in [-0.2, 0) is 0 Å². The lowest BCUT2D eigenvalue weighted by molar-refractivity contribution is 0.0697. The zero-order valence-corrected chi connectivity index (χ0v) is 9.74. The van der Waals surface area contributed by atoms with Gasteiger partial charge in [-0.2, -0.15) is 0 Å². The molecule has 16 heavy (non-hydrogen) atoms. The van der Waals surface area contributed by atoms with Crippen LogP contribution in [0.4, 0.5) is 5.82 Å². The van der Waals surface area contributed by atoms with Crippen LogP contribution < -0.4 is 4.90 Å². The molecule has 0 aromatic carbocycles. The predicted molar refractivity (Wildman–Crippen MR) is 62.2 cm³/mol. The third-order valence-corrected chi connectivity index (χ3v) is 3.12. The highest BCUT2D eigenvalue weighted by molar-refractivity contribution is 6.33. The van der Waals surface area contributed by atoms with Crippen molar-refractivity contribution >= 4 is 23.4 Å². The minimum absolute atomic E-state index is 0.117. The molecule has 1 aliphatic rings. The molecule has 1 saturated heterocycles. The summed E-state index contributed by atoms with van der Waals surface area (Å²) in [7, 11) is 0. The molecule has 2 rings (SSSR count). The minimum Gasteiger partial charge on any atom is -0.478 e. The molecule has 1 N–H and O–H groups in total. The number of aromatic carboxylic acids is 1. The maximum atomic E-state index is 10.9. The van der Waals surface area contributed by atoms with Crippen molar-refractivity contribution in [3.63, 3.8) is 0 Å². The minimum atomic E-state index is -1.01. The molecule has 0 aliphatic carbocycles. The van der Waals surface area contributed by atoms with Gasteiger partial charge in [0.15, 0.2) is 0 Å². The molecule has 0 spiro atoms. The molecule has 1 aliphatic heterocycles. The Hall–Kier alpha value is -1.29. The third-order valence-electron chi connectivity index (χ3n) is 2.82. The van der Waals surface area contributed by atoms with Gasteiger partial charge in [-0.3, -0.25) is 0 Å². The zero-order chi connectivity index (χ0) is 11.7. The Labute approximate surface area is 98.9 Å². The largest absolute Gasteiger partial charge is 0.478 e. The highest BCUT2D eigenvalue weighted by Crippen LogP contribution is 2.25. The summed E-state index contributed by atoms with van der Waals surface area (Å²) in [4.78, 5) is 17.2. The fourth-order valence-corrected chi connectivity index (χ4v) is 2.09. The average Bonchev–Trinajstić information content (AvgIpc) is 2.65. The quantitative estimate of drug-likeness (QED) is 0.862. The van der Waals surface area contributed by atoms with Gasteiger partial charge < -0.3 is 10.0 Å². The highest BCUT2D eigenvalue weighted by Gasteiger charge is 2.21. The van der Waals surface area contributed by atoms with Gasteiger partial charge in [0.1, 0.15) is 5.82 Å². The first kappa shape index (κ1) is 11.2. The van der Waals surface area contributed by atoms with Crippen molar-refractivity contribution in [1.82, 2.24) is 4.98 Å². The Balaban J connectivity index is 2.29. The number of nitrogens with zero attached hydrogens (tertiary/aromatic N) is 2. The SMILES string of the molecule is CC1CCN(c2cc(C(=O)O)c(Cl)cn2)C1. The molecule has 1 atom stereocenters. The molecular formula is C11H13ClN2O2. The number of anilines is 1. The second kappa shape index (κ2) is 4.29. The maximum absolute atomic E-state index is 10.9. The van der Waals surface area contributed by atoms with Gasteiger partial charge in [-0.15, -0.1) is 0 Å². The second-order valence-corrected chi connectivity index (χ2v) is 4.57. The van der Waals surface area contributed by atoms with Crippen LogP contribution in [0.3, 0.4) is 0 Å². The van der Waals surface area contributed by atoms with Crippen molar-refractivity contribution in [3.05, 3.63) is 22.8 Å². The standard InChI is InChI=1S/C11H13ClN2O2/c1-7-2-3-14(6-7)10-4-8(11(15)16)9(12)5-13-10/h4-5,7H,2-3,6H2,1H3,(H,15,16). The van der Waals surface area contributed by atoms with E-state index in [9.17, 15) is 4.79 Å². The first-order valence-corrected chi connectivity index (χ1v) is 5.59. The smallest absolute Gasteiger partial charge is 0.337 e. The van der Waals surface area contributed by atoms with Gasteiger partial charge in [0.2, 0.25) is 0 Å². The summed E-state index contributed by atoms with van der Waals surface area (Å²) in [6, 6.07) is 1.54. The molecule has 1 unspecified atom stereocenters. The molecule has 0 radical (unpaired) electrons. The van der Waals surface area contributed by atoms with Crippen LogP contribution in [0.15, 0.2) is 12.3 Å². The molecule has 1 aromatic heterocycles. The summed E-state index contributed by atoms with van der Waals surface area (Å²) in [5, 5.41) is 9.14. The molecule has 5 heteroatoms. The van der Waals surface area contributed by atoms with Crippen LogP contribution in [0.5, 0.6) is 0 Å². The lowest BCUT2D eigenvalue weighted by atomic mass is 10.2. The predicted octanol–water partition coefficient (Wildman–Crippen LogP) is 2.28. The molecule has 4 nitrogen and oxygen atoms in total. The van der Waals surface area contributed by atoms with Gasteiger partial charge >= 0.3 is 5.97 Å².